The molecule has 1 aliphatic heterocycles. The van der Waals surface area contributed by atoms with E-state index in [0.29, 0.717) is 0 Å². The van der Waals surface area contributed by atoms with Gasteiger partial charge in [-0.25, -0.2) is 0 Å². The first-order valence-electron chi connectivity index (χ1n) is 5.63. The molecule has 1 heterocycles. The highest BCUT2D eigenvalue weighted by Crippen LogP contribution is 2.32. The maximum Gasteiger partial charge on any atom is 0.0833 e. The van der Waals surface area contributed by atoms with Gasteiger partial charge in [0.1, 0.15) is 0 Å². The van der Waals surface area contributed by atoms with Crippen molar-refractivity contribution in [2.75, 3.05) is 0 Å². The average Bonchev–Trinajstić information content (AvgIpc) is 2.30. The van der Waals surface area contributed by atoms with Crippen LogP contribution >= 0.6 is 0 Å². The molecule has 0 aliphatic carbocycles. The molecular weight excluding hydrogens is 184 g/mol. The van der Waals surface area contributed by atoms with Gasteiger partial charge >= 0.3 is 0 Å². The minimum Gasteiger partial charge on any atom is -0.366 e. The highest BCUT2D eigenvalue weighted by atomic mass is 16.5. The minimum atomic E-state index is 0.254. The summed E-state index contributed by atoms with van der Waals surface area (Å²) in [6, 6.07) is 10.5. The average molecular weight is 202 g/mol. The van der Waals surface area contributed by atoms with Gasteiger partial charge in [-0.2, -0.15) is 0 Å². The van der Waals surface area contributed by atoms with Gasteiger partial charge in [0.2, 0.25) is 0 Å². The van der Waals surface area contributed by atoms with E-state index >= 15 is 0 Å². The summed E-state index contributed by atoms with van der Waals surface area (Å²) in [5, 5.41) is 0. The van der Waals surface area contributed by atoms with Gasteiger partial charge in [-0.05, 0) is 31.7 Å². The van der Waals surface area contributed by atoms with Gasteiger partial charge in [0.15, 0.2) is 0 Å². The van der Waals surface area contributed by atoms with E-state index in [1.165, 1.54) is 12.0 Å². The fourth-order valence-electron chi connectivity index (χ4n) is 2.10. The van der Waals surface area contributed by atoms with E-state index in [1.54, 1.807) is 0 Å². The lowest BCUT2D eigenvalue weighted by Gasteiger charge is -2.30. The number of hydrogen-bond acceptors (Lipinski definition) is 1. The zero-order valence-electron chi connectivity index (χ0n) is 9.28. The van der Waals surface area contributed by atoms with Gasteiger partial charge in [-0.1, -0.05) is 42.5 Å². The first kappa shape index (κ1) is 10.4. The van der Waals surface area contributed by atoms with Crippen molar-refractivity contribution in [2.45, 2.75) is 38.4 Å². The molecule has 1 aromatic carbocycles. The standard InChI is InChI=1S/C14H18O/c1-11(2)13-9-6-10-14(15-13)12-7-4-3-5-8-12/h3-5,7-8,13-14H,1,6,9-10H2,2H3/t13?,14-/m1/s1. The first-order chi connectivity index (χ1) is 7.27. The van der Waals surface area contributed by atoms with E-state index in [1.807, 2.05) is 6.07 Å². The van der Waals surface area contributed by atoms with Crippen molar-refractivity contribution in [1.82, 2.24) is 0 Å². The molecular formula is C14H18O. The Labute approximate surface area is 91.8 Å². The normalized spacial score (nSPS) is 26.2. The fourth-order valence-corrected chi connectivity index (χ4v) is 2.10. The van der Waals surface area contributed by atoms with E-state index < -0.39 is 0 Å². The first-order valence-corrected chi connectivity index (χ1v) is 5.63. The molecule has 0 radical (unpaired) electrons. The molecule has 0 aromatic heterocycles. The van der Waals surface area contributed by atoms with Crippen LogP contribution < -0.4 is 0 Å². The molecule has 1 fully saturated rings. The Balaban J connectivity index is 2.08. The lowest BCUT2D eigenvalue weighted by molar-refractivity contribution is -0.0321. The maximum absolute atomic E-state index is 6.03. The second kappa shape index (κ2) is 4.63. The fraction of sp³-hybridized carbons (Fsp3) is 0.429. The van der Waals surface area contributed by atoms with Crippen LogP contribution in [0.1, 0.15) is 37.9 Å². The third-order valence-electron chi connectivity index (χ3n) is 2.98. The molecule has 0 spiro atoms. The summed E-state index contributed by atoms with van der Waals surface area (Å²) in [5.41, 5.74) is 2.44. The zero-order chi connectivity index (χ0) is 10.7. The van der Waals surface area contributed by atoms with Gasteiger partial charge in [0.25, 0.3) is 0 Å². The Kier molecular flexibility index (Phi) is 3.22. The molecule has 0 N–H and O–H groups in total. The highest BCUT2D eigenvalue weighted by molar-refractivity contribution is 5.18. The van der Waals surface area contributed by atoms with Crippen LogP contribution in [0, 0.1) is 0 Å². The van der Waals surface area contributed by atoms with Crippen molar-refractivity contribution in [3.05, 3.63) is 48.0 Å². The Morgan fingerprint density at radius 1 is 1.27 bits per heavy atom. The molecule has 0 saturated carbocycles. The molecule has 80 valence electrons. The van der Waals surface area contributed by atoms with Crippen molar-refractivity contribution < 1.29 is 4.74 Å². The van der Waals surface area contributed by atoms with Crippen LogP contribution in [-0.2, 0) is 4.74 Å². The monoisotopic (exact) mass is 202 g/mol. The second-order valence-corrected chi connectivity index (χ2v) is 4.30. The SMILES string of the molecule is C=C(C)C1CCC[C@H](c2ccccc2)O1. The summed E-state index contributed by atoms with van der Waals surface area (Å²) in [4.78, 5) is 0. The Morgan fingerprint density at radius 2 is 2.00 bits per heavy atom. The highest BCUT2D eigenvalue weighted by Gasteiger charge is 2.23. The van der Waals surface area contributed by atoms with Gasteiger partial charge in [0.05, 0.1) is 12.2 Å². The van der Waals surface area contributed by atoms with Crippen LogP contribution in [0.2, 0.25) is 0 Å². The lowest BCUT2D eigenvalue weighted by Crippen LogP contribution is -2.22. The maximum atomic E-state index is 6.03. The third-order valence-corrected chi connectivity index (χ3v) is 2.98. The molecule has 2 rings (SSSR count). The van der Waals surface area contributed by atoms with Crippen LogP contribution in [-0.4, -0.2) is 6.10 Å². The molecule has 1 unspecified atom stereocenters. The molecule has 15 heavy (non-hydrogen) atoms. The van der Waals surface area contributed by atoms with Crippen LogP contribution in [0.4, 0.5) is 0 Å². The van der Waals surface area contributed by atoms with E-state index in [-0.39, 0.29) is 12.2 Å². The topological polar surface area (TPSA) is 9.23 Å². The molecule has 0 bridgehead atoms. The number of rotatable bonds is 2. The smallest absolute Gasteiger partial charge is 0.0833 e. The quantitative estimate of drug-likeness (QED) is 0.661. The van der Waals surface area contributed by atoms with Crippen LogP contribution in [0.5, 0.6) is 0 Å². The second-order valence-electron chi connectivity index (χ2n) is 4.30. The van der Waals surface area contributed by atoms with Gasteiger partial charge < -0.3 is 4.74 Å². The Bertz CT molecular complexity index is 328. The summed E-state index contributed by atoms with van der Waals surface area (Å²) in [5.74, 6) is 0. The van der Waals surface area contributed by atoms with E-state index in [0.717, 1.165) is 18.4 Å². The Morgan fingerprint density at radius 3 is 2.67 bits per heavy atom. The minimum absolute atomic E-state index is 0.254. The van der Waals surface area contributed by atoms with Crippen molar-refractivity contribution in [1.29, 1.82) is 0 Å². The van der Waals surface area contributed by atoms with Crippen LogP contribution in [0.15, 0.2) is 42.5 Å². The van der Waals surface area contributed by atoms with Crippen molar-refractivity contribution in [3.63, 3.8) is 0 Å². The van der Waals surface area contributed by atoms with E-state index in [4.69, 9.17) is 4.74 Å². The summed E-state index contributed by atoms with van der Waals surface area (Å²) in [7, 11) is 0. The van der Waals surface area contributed by atoms with Crippen LogP contribution in [0.25, 0.3) is 0 Å². The van der Waals surface area contributed by atoms with E-state index in [2.05, 4.69) is 37.8 Å². The summed E-state index contributed by atoms with van der Waals surface area (Å²) < 4.78 is 6.03. The zero-order valence-corrected chi connectivity index (χ0v) is 9.28. The largest absolute Gasteiger partial charge is 0.366 e. The molecule has 1 aliphatic rings. The van der Waals surface area contributed by atoms with E-state index in [9.17, 15) is 0 Å². The van der Waals surface area contributed by atoms with Crippen molar-refractivity contribution >= 4 is 0 Å². The molecule has 1 aromatic rings. The molecule has 1 nitrogen and oxygen atoms in total. The lowest BCUT2D eigenvalue weighted by atomic mass is 9.96. The number of ether oxygens (including phenoxy) is 1. The van der Waals surface area contributed by atoms with Crippen molar-refractivity contribution in [3.8, 4) is 0 Å². The van der Waals surface area contributed by atoms with Gasteiger partial charge in [0, 0.05) is 0 Å². The summed E-state index contributed by atoms with van der Waals surface area (Å²) in [6.07, 6.45) is 4.01. The Hall–Kier alpha value is -1.08. The van der Waals surface area contributed by atoms with Crippen LogP contribution in [0.3, 0.4) is 0 Å². The molecule has 1 saturated heterocycles. The van der Waals surface area contributed by atoms with Gasteiger partial charge in [-0.15, -0.1) is 0 Å². The number of hydrogen-bond donors (Lipinski definition) is 0. The molecule has 1 heteroatoms. The summed E-state index contributed by atoms with van der Waals surface area (Å²) >= 11 is 0. The predicted octanol–water partition coefficient (Wildman–Crippen LogP) is 3.87. The molecule has 2 atom stereocenters. The van der Waals surface area contributed by atoms with Crippen molar-refractivity contribution in [2.24, 2.45) is 0 Å². The summed E-state index contributed by atoms with van der Waals surface area (Å²) in [6.45, 7) is 6.04. The number of benzene rings is 1. The van der Waals surface area contributed by atoms with Gasteiger partial charge in [-0.3, -0.25) is 0 Å². The third kappa shape index (κ3) is 2.48. The molecule has 0 amide bonds. The predicted molar refractivity (Wildman–Crippen MR) is 62.7 cm³/mol.